The van der Waals surface area contributed by atoms with Crippen LogP contribution in [0.5, 0.6) is 0 Å². The number of hydrogen-bond acceptors (Lipinski definition) is 1. The van der Waals surface area contributed by atoms with Gasteiger partial charge in [0.15, 0.2) is 0 Å². The maximum atomic E-state index is 12.0. The molecule has 0 bridgehead atoms. The Kier molecular flexibility index (Phi) is 2.60. The van der Waals surface area contributed by atoms with Crippen LogP contribution in [-0.2, 0) is 0 Å². The molecule has 3 heteroatoms. The van der Waals surface area contributed by atoms with Crippen molar-refractivity contribution in [3.63, 3.8) is 0 Å². The van der Waals surface area contributed by atoms with Crippen molar-refractivity contribution >= 4 is 0 Å². The highest BCUT2D eigenvalue weighted by Crippen LogP contribution is 2.28. The Bertz CT molecular complexity index is 106. The number of hydrogen-bond donors (Lipinski definition) is 1. The summed E-state index contributed by atoms with van der Waals surface area (Å²) in [5, 5.41) is 9.00. The Labute approximate surface area is 59.0 Å². The first-order chi connectivity index (χ1) is 4.70. The van der Waals surface area contributed by atoms with E-state index in [9.17, 15) is 8.78 Å². The van der Waals surface area contributed by atoms with Crippen LogP contribution in [0.15, 0.2) is 0 Å². The molecule has 0 unspecified atom stereocenters. The maximum Gasteiger partial charge on any atom is 0.241 e. The lowest BCUT2D eigenvalue weighted by atomic mass is 9.88. The minimum atomic E-state index is -2.24. The average molecular weight is 150 g/mol. The van der Waals surface area contributed by atoms with Gasteiger partial charge in [-0.3, -0.25) is 0 Å². The second kappa shape index (κ2) is 3.28. The van der Waals surface area contributed by atoms with E-state index in [-0.39, 0.29) is 6.42 Å². The van der Waals surface area contributed by atoms with E-state index in [1.807, 2.05) is 0 Å². The highest BCUT2D eigenvalue weighted by atomic mass is 19.3. The van der Waals surface area contributed by atoms with E-state index >= 15 is 0 Å². The molecule has 10 heavy (non-hydrogen) atoms. The molecule has 0 radical (unpaired) electrons. The summed E-state index contributed by atoms with van der Waals surface area (Å²) in [7, 11) is 0. The molecule has 0 aromatic heterocycles. The monoisotopic (exact) mass is 150 g/mol. The van der Waals surface area contributed by atoms with Crippen molar-refractivity contribution in [1.29, 1.82) is 0 Å². The summed E-state index contributed by atoms with van der Waals surface area (Å²) >= 11 is 0. The molecule has 1 aliphatic rings. The normalized spacial score (nSPS) is 34.8. The molecule has 60 valence electrons. The molecular formula is C7H12F2O. The van der Waals surface area contributed by atoms with Crippen molar-refractivity contribution in [1.82, 2.24) is 0 Å². The molecule has 1 rings (SSSR count). The van der Waals surface area contributed by atoms with Crippen LogP contribution in [0.3, 0.4) is 0 Å². The van der Waals surface area contributed by atoms with E-state index in [1.165, 1.54) is 0 Å². The van der Waals surface area contributed by atoms with Crippen molar-refractivity contribution in [2.75, 3.05) is 0 Å². The minimum absolute atomic E-state index is 0.289. The van der Waals surface area contributed by atoms with Gasteiger partial charge in [-0.2, -0.15) is 0 Å². The molecule has 1 saturated carbocycles. The molecule has 1 N–H and O–H groups in total. The van der Waals surface area contributed by atoms with E-state index in [0.717, 1.165) is 6.42 Å². The van der Waals surface area contributed by atoms with Crippen molar-refractivity contribution in [2.24, 2.45) is 5.92 Å². The van der Waals surface area contributed by atoms with Crippen LogP contribution in [-0.4, -0.2) is 17.6 Å². The third-order valence-corrected chi connectivity index (χ3v) is 2.04. The van der Waals surface area contributed by atoms with Gasteiger partial charge in [-0.15, -0.1) is 0 Å². The largest absolute Gasteiger partial charge is 0.393 e. The van der Waals surface area contributed by atoms with E-state index < -0.39 is 18.4 Å². The summed E-state index contributed by atoms with van der Waals surface area (Å²) in [5.41, 5.74) is 0. The first-order valence-electron chi connectivity index (χ1n) is 3.66. The van der Waals surface area contributed by atoms with Gasteiger partial charge in [-0.1, -0.05) is 6.42 Å². The van der Waals surface area contributed by atoms with Gasteiger partial charge < -0.3 is 5.11 Å². The number of halogens is 2. The molecule has 1 fully saturated rings. The predicted octanol–water partition coefficient (Wildman–Crippen LogP) is 1.80. The van der Waals surface area contributed by atoms with Gasteiger partial charge in [0.1, 0.15) is 0 Å². The van der Waals surface area contributed by atoms with Crippen molar-refractivity contribution in [3.05, 3.63) is 0 Å². The van der Waals surface area contributed by atoms with Crippen LogP contribution in [0.25, 0.3) is 0 Å². The molecule has 0 aromatic carbocycles. The fourth-order valence-electron chi connectivity index (χ4n) is 1.43. The summed E-state index contributed by atoms with van der Waals surface area (Å²) < 4.78 is 24.0. The van der Waals surface area contributed by atoms with Crippen LogP contribution in [0, 0.1) is 5.92 Å². The summed E-state index contributed by atoms with van der Waals surface area (Å²) in [6.45, 7) is 0. The SMILES string of the molecule is O[C@@H]1CCC[C@H](C(F)F)C1. The molecule has 0 spiro atoms. The molecular weight excluding hydrogens is 138 g/mol. The van der Waals surface area contributed by atoms with Gasteiger partial charge in [0.2, 0.25) is 6.43 Å². The lowest BCUT2D eigenvalue weighted by molar-refractivity contribution is 0.0109. The highest BCUT2D eigenvalue weighted by Gasteiger charge is 2.26. The van der Waals surface area contributed by atoms with Gasteiger partial charge in [-0.25, -0.2) is 8.78 Å². The summed E-state index contributed by atoms with van der Waals surface area (Å²) in [6.07, 6.45) is -0.408. The minimum Gasteiger partial charge on any atom is -0.393 e. The van der Waals surface area contributed by atoms with E-state index in [1.54, 1.807) is 0 Å². The third-order valence-electron chi connectivity index (χ3n) is 2.04. The molecule has 2 atom stereocenters. The lowest BCUT2D eigenvalue weighted by Gasteiger charge is -2.24. The Hall–Kier alpha value is -0.180. The highest BCUT2D eigenvalue weighted by molar-refractivity contribution is 4.73. The fraction of sp³-hybridized carbons (Fsp3) is 1.00. The maximum absolute atomic E-state index is 12.0. The average Bonchev–Trinajstić information content (AvgIpc) is 1.88. The molecule has 0 amide bonds. The van der Waals surface area contributed by atoms with Gasteiger partial charge in [0.25, 0.3) is 0 Å². The van der Waals surface area contributed by atoms with E-state index in [0.29, 0.717) is 12.8 Å². The topological polar surface area (TPSA) is 20.2 Å². The van der Waals surface area contributed by atoms with Crippen molar-refractivity contribution < 1.29 is 13.9 Å². The molecule has 1 aliphatic carbocycles. The Balaban J connectivity index is 2.32. The van der Waals surface area contributed by atoms with Gasteiger partial charge in [0.05, 0.1) is 6.10 Å². The quantitative estimate of drug-likeness (QED) is 0.604. The number of aliphatic hydroxyl groups excluding tert-OH is 1. The van der Waals surface area contributed by atoms with E-state index in [2.05, 4.69) is 0 Å². The van der Waals surface area contributed by atoms with Gasteiger partial charge in [0, 0.05) is 5.92 Å². The van der Waals surface area contributed by atoms with Crippen LogP contribution in [0.2, 0.25) is 0 Å². The molecule has 1 nitrogen and oxygen atoms in total. The molecule has 0 saturated heterocycles. The van der Waals surface area contributed by atoms with Crippen molar-refractivity contribution in [3.8, 4) is 0 Å². The lowest BCUT2D eigenvalue weighted by Crippen LogP contribution is -2.24. The first-order valence-corrected chi connectivity index (χ1v) is 3.66. The first kappa shape index (κ1) is 7.92. The fourth-order valence-corrected chi connectivity index (χ4v) is 1.43. The zero-order valence-electron chi connectivity index (χ0n) is 5.76. The Morgan fingerprint density at radius 3 is 2.40 bits per heavy atom. The summed E-state index contributed by atoms with van der Waals surface area (Å²) in [6, 6.07) is 0. The second-order valence-corrected chi connectivity index (χ2v) is 2.91. The number of rotatable bonds is 1. The van der Waals surface area contributed by atoms with Gasteiger partial charge >= 0.3 is 0 Å². The standard InChI is InChI=1S/C7H12F2O/c8-7(9)5-2-1-3-6(10)4-5/h5-7,10H,1-4H2/t5-,6+/m0/s1. The second-order valence-electron chi connectivity index (χ2n) is 2.91. The van der Waals surface area contributed by atoms with Crippen LogP contribution < -0.4 is 0 Å². The van der Waals surface area contributed by atoms with E-state index in [4.69, 9.17) is 5.11 Å². The molecule has 0 aliphatic heterocycles. The number of aliphatic hydroxyl groups is 1. The zero-order valence-corrected chi connectivity index (χ0v) is 5.76. The van der Waals surface area contributed by atoms with Crippen LogP contribution >= 0.6 is 0 Å². The van der Waals surface area contributed by atoms with Crippen LogP contribution in [0.4, 0.5) is 8.78 Å². The molecule has 0 heterocycles. The summed E-state index contributed by atoms with van der Waals surface area (Å²) in [5.74, 6) is -0.552. The van der Waals surface area contributed by atoms with Crippen LogP contribution in [0.1, 0.15) is 25.7 Å². The predicted molar refractivity (Wildman–Crippen MR) is 34.0 cm³/mol. The van der Waals surface area contributed by atoms with Gasteiger partial charge in [-0.05, 0) is 19.3 Å². The molecule has 0 aromatic rings. The smallest absolute Gasteiger partial charge is 0.241 e. The third kappa shape index (κ3) is 1.90. The Morgan fingerprint density at radius 1 is 1.30 bits per heavy atom. The summed E-state index contributed by atoms with van der Waals surface area (Å²) in [4.78, 5) is 0. The van der Waals surface area contributed by atoms with Crippen molar-refractivity contribution in [2.45, 2.75) is 38.2 Å². The number of alkyl halides is 2. The Morgan fingerprint density at radius 2 is 2.00 bits per heavy atom. The zero-order chi connectivity index (χ0) is 7.56.